The van der Waals surface area contributed by atoms with Crippen molar-refractivity contribution in [3.63, 3.8) is 0 Å². The zero-order valence-electron chi connectivity index (χ0n) is 9.72. The molecule has 1 rings (SSSR count). The molecule has 0 aliphatic heterocycles. The average Bonchev–Trinajstić information content (AvgIpc) is 2.38. The first-order valence-corrected chi connectivity index (χ1v) is 5.42. The van der Waals surface area contributed by atoms with Crippen molar-refractivity contribution in [1.82, 2.24) is 4.98 Å². The lowest BCUT2D eigenvalue weighted by Gasteiger charge is -2.04. The summed E-state index contributed by atoms with van der Waals surface area (Å²) in [6, 6.07) is 4.47. The molecular formula is C12H12N4O2. The molecule has 0 unspecified atom stereocenters. The third kappa shape index (κ3) is 3.76. The molecule has 0 aliphatic rings. The van der Waals surface area contributed by atoms with Crippen molar-refractivity contribution in [2.45, 2.75) is 19.3 Å². The summed E-state index contributed by atoms with van der Waals surface area (Å²) in [6.07, 6.45) is 7.63. The van der Waals surface area contributed by atoms with Gasteiger partial charge in [0.25, 0.3) is 0 Å². The Labute approximate surface area is 105 Å². The monoisotopic (exact) mass is 244 g/mol. The molecule has 0 amide bonds. The number of rotatable bonds is 6. The van der Waals surface area contributed by atoms with Crippen LogP contribution >= 0.6 is 0 Å². The highest BCUT2D eigenvalue weighted by atomic mass is 16.6. The number of nitrogens with zero attached hydrogens (tertiary/aromatic N) is 3. The number of hydrogen-bond donors (Lipinski definition) is 1. The molecule has 0 saturated carbocycles. The molecule has 92 valence electrons. The maximum Gasteiger partial charge on any atom is 0.305 e. The van der Waals surface area contributed by atoms with Crippen molar-refractivity contribution in [3.05, 3.63) is 27.9 Å². The number of nitrogens with one attached hydrogen (secondary N) is 1. The Bertz CT molecular complexity index is 514. The van der Waals surface area contributed by atoms with Gasteiger partial charge in [-0.3, -0.25) is 10.1 Å². The molecule has 0 saturated heterocycles. The van der Waals surface area contributed by atoms with E-state index in [9.17, 15) is 10.1 Å². The Morgan fingerprint density at radius 2 is 2.28 bits per heavy atom. The molecule has 6 nitrogen and oxygen atoms in total. The minimum atomic E-state index is -0.623. The van der Waals surface area contributed by atoms with E-state index in [2.05, 4.69) is 16.2 Å². The van der Waals surface area contributed by atoms with Crippen LogP contribution in [0.2, 0.25) is 0 Å². The highest BCUT2D eigenvalue weighted by Gasteiger charge is 2.15. The van der Waals surface area contributed by atoms with Gasteiger partial charge < -0.3 is 5.32 Å². The van der Waals surface area contributed by atoms with E-state index in [0.29, 0.717) is 12.4 Å². The zero-order valence-corrected chi connectivity index (χ0v) is 9.72. The molecule has 1 aromatic rings. The van der Waals surface area contributed by atoms with Gasteiger partial charge in [0.1, 0.15) is 11.9 Å². The molecule has 1 N–H and O–H groups in total. The van der Waals surface area contributed by atoms with E-state index in [4.69, 9.17) is 11.7 Å². The van der Waals surface area contributed by atoms with Crippen molar-refractivity contribution in [3.8, 4) is 18.4 Å². The highest BCUT2D eigenvalue weighted by molar-refractivity contribution is 5.50. The van der Waals surface area contributed by atoms with E-state index in [-0.39, 0.29) is 11.4 Å². The first kappa shape index (κ1) is 13.5. The van der Waals surface area contributed by atoms with Crippen LogP contribution < -0.4 is 5.32 Å². The van der Waals surface area contributed by atoms with Gasteiger partial charge in [-0.2, -0.15) is 5.26 Å². The summed E-state index contributed by atoms with van der Waals surface area (Å²) < 4.78 is 0. The number of hydrogen-bond acceptors (Lipinski definition) is 5. The maximum atomic E-state index is 10.6. The van der Waals surface area contributed by atoms with Crippen LogP contribution in [0.4, 0.5) is 11.5 Å². The topological polar surface area (TPSA) is 91.9 Å². The molecule has 0 radical (unpaired) electrons. The number of nitriles is 1. The molecule has 0 atom stereocenters. The Morgan fingerprint density at radius 3 is 2.89 bits per heavy atom. The molecule has 18 heavy (non-hydrogen) atoms. The molecule has 0 aromatic carbocycles. The van der Waals surface area contributed by atoms with Crippen LogP contribution in [0.25, 0.3) is 0 Å². The molecule has 6 heteroatoms. The zero-order chi connectivity index (χ0) is 13.4. The van der Waals surface area contributed by atoms with Crippen molar-refractivity contribution >= 4 is 11.5 Å². The van der Waals surface area contributed by atoms with Crippen molar-refractivity contribution in [1.29, 1.82) is 5.26 Å². The summed E-state index contributed by atoms with van der Waals surface area (Å²) >= 11 is 0. The SMILES string of the molecule is C#CCCCCNc1ccc([N+](=O)[O-])c(C#N)n1. The molecule has 0 fully saturated rings. The normalized spacial score (nSPS) is 9.22. The summed E-state index contributed by atoms with van der Waals surface area (Å²) in [7, 11) is 0. The Hall–Kier alpha value is -2.60. The molecule has 0 bridgehead atoms. The van der Waals surface area contributed by atoms with Gasteiger partial charge in [-0.25, -0.2) is 4.98 Å². The fraction of sp³-hybridized carbons (Fsp3) is 0.333. The van der Waals surface area contributed by atoms with Gasteiger partial charge in [-0.15, -0.1) is 12.3 Å². The van der Waals surface area contributed by atoms with E-state index < -0.39 is 4.92 Å². The second-order valence-electron chi connectivity index (χ2n) is 3.52. The Morgan fingerprint density at radius 1 is 1.50 bits per heavy atom. The van der Waals surface area contributed by atoms with Crippen molar-refractivity contribution < 1.29 is 4.92 Å². The smallest absolute Gasteiger partial charge is 0.305 e. The molecule has 0 aliphatic carbocycles. The van der Waals surface area contributed by atoms with Crippen molar-refractivity contribution in [2.75, 3.05) is 11.9 Å². The van der Waals surface area contributed by atoms with Crippen LogP contribution in [0.3, 0.4) is 0 Å². The van der Waals surface area contributed by atoms with E-state index in [1.54, 1.807) is 6.07 Å². The van der Waals surface area contributed by atoms with Crippen LogP contribution in [0.5, 0.6) is 0 Å². The largest absolute Gasteiger partial charge is 0.370 e. The second-order valence-corrected chi connectivity index (χ2v) is 3.52. The number of aromatic nitrogens is 1. The predicted octanol–water partition coefficient (Wildman–Crippen LogP) is 2.08. The molecule has 1 heterocycles. The third-order valence-corrected chi connectivity index (χ3v) is 2.23. The number of anilines is 1. The van der Waals surface area contributed by atoms with E-state index in [1.165, 1.54) is 12.1 Å². The average molecular weight is 244 g/mol. The first-order chi connectivity index (χ1) is 8.69. The van der Waals surface area contributed by atoms with Crippen LogP contribution in [-0.2, 0) is 0 Å². The highest BCUT2D eigenvalue weighted by Crippen LogP contribution is 2.17. The number of nitro groups is 1. The lowest BCUT2D eigenvalue weighted by atomic mass is 10.2. The van der Waals surface area contributed by atoms with Crippen LogP contribution in [0.15, 0.2) is 12.1 Å². The Balaban J connectivity index is 2.61. The lowest BCUT2D eigenvalue weighted by molar-refractivity contribution is -0.385. The van der Waals surface area contributed by atoms with E-state index in [0.717, 1.165) is 19.3 Å². The second kappa shape index (κ2) is 6.87. The quantitative estimate of drug-likeness (QED) is 0.358. The van der Waals surface area contributed by atoms with Crippen molar-refractivity contribution in [2.24, 2.45) is 0 Å². The summed E-state index contributed by atoms with van der Waals surface area (Å²) in [5.41, 5.74) is -0.469. The minimum absolute atomic E-state index is 0.186. The van der Waals surface area contributed by atoms with E-state index >= 15 is 0 Å². The van der Waals surface area contributed by atoms with Crippen LogP contribution in [0, 0.1) is 33.8 Å². The van der Waals surface area contributed by atoms with Gasteiger partial charge >= 0.3 is 5.69 Å². The van der Waals surface area contributed by atoms with Gasteiger partial charge in [0.2, 0.25) is 5.69 Å². The standard InChI is InChI=1S/C12H12N4O2/c1-2-3-4-5-8-14-12-7-6-11(16(17)18)10(9-13)15-12/h1,6-7H,3-5,8H2,(H,14,15). The van der Waals surface area contributed by atoms with Gasteiger partial charge in [0.05, 0.1) is 4.92 Å². The van der Waals surface area contributed by atoms with Gasteiger partial charge in [0.15, 0.2) is 0 Å². The van der Waals surface area contributed by atoms with E-state index in [1.807, 2.05) is 0 Å². The summed E-state index contributed by atoms with van der Waals surface area (Å²) in [5.74, 6) is 3.00. The molecular weight excluding hydrogens is 232 g/mol. The minimum Gasteiger partial charge on any atom is -0.370 e. The Kier molecular flexibility index (Phi) is 5.14. The molecule has 1 aromatic heterocycles. The third-order valence-electron chi connectivity index (χ3n) is 2.23. The number of pyridine rings is 1. The summed E-state index contributed by atoms with van der Waals surface area (Å²) in [5, 5.41) is 22.4. The van der Waals surface area contributed by atoms with Crippen LogP contribution in [0.1, 0.15) is 25.0 Å². The van der Waals surface area contributed by atoms with Gasteiger partial charge in [-0.05, 0) is 18.9 Å². The fourth-order valence-electron chi connectivity index (χ4n) is 1.35. The van der Waals surface area contributed by atoms with Crippen LogP contribution in [-0.4, -0.2) is 16.5 Å². The lowest BCUT2D eigenvalue weighted by Crippen LogP contribution is -2.05. The van der Waals surface area contributed by atoms with Gasteiger partial charge in [0, 0.05) is 19.0 Å². The fourth-order valence-corrected chi connectivity index (χ4v) is 1.35. The molecule has 0 spiro atoms. The number of terminal acetylenes is 1. The predicted molar refractivity (Wildman–Crippen MR) is 66.8 cm³/mol. The summed E-state index contributed by atoms with van der Waals surface area (Å²) in [4.78, 5) is 13.9. The number of unbranched alkanes of at least 4 members (excludes halogenated alkanes) is 2. The summed E-state index contributed by atoms with van der Waals surface area (Å²) in [6.45, 7) is 0.664. The maximum absolute atomic E-state index is 10.6. The first-order valence-electron chi connectivity index (χ1n) is 5.42. The van der Waals surface area contributed by atoms with Gasteiger partial charge in [-0.1, -0.05) is 0 Å².